The third-order valence-corrected chi connectivity index (χ3v) is 3.14. The van der Waals surface area contributed by atoms with Crippen molar-refractivity contribution in [1.82, 2.24) is 14.7 Å². The molecule has 2 aromatic heterocycles. The lowest BCUT2D eigenvalue weighted by Crippen LogP contribution is -2.28. The van der Waals surface area contributed by atoms with Crippen molar-refractivity contribution >= 4 is 22.2 Å². The largest absolute Gasteiger partial charge is 0.393 e. The highest BCUT2D eigenvalue weighted by molar-refractivity contribution is 7.15. The van der Waals surface area contributed by atoms with Gasteiger partial charge in [-0.15, -0.1) is 11.3 Å². The van der Waals surface area contributed by atoms with E-state index < -0.39 is 0 Å². The summed E-state index contributed by atoms with van der Waals surface area (Å²) in [5, 5.41) is 13.8. The maximum atomic E-state index is 11.6. The van der Waals surface area contributed by atoms with Crippen molar-refractivity contribution in [2.24, 2.45) is 0 Å². The van der Waals surface area contributed by atoms with Crippen LogP contribution < -0.4 is 5.32 Å². The van der Waals surface area contributed by atoms with Crippen LogP contribution in [0.25, 0.3) is 4.96 Å². The Morgan fingerprint density at radius 2 is 2.53 bits per heavy atom. The van der Waals surface area contributed by atoms with Gasteiger partial charge in [0.1, 0.15) is 0 Å². The topological polar surface area (TPSA) is 66.6 Å². The Bertz CT molecular complexity index is 475. The first-order valence-corrected chi connectivity index (χ1v) is 6.39. The Labute approximate surface area is 103 Å². The van der Waals surface area contributed by atoms with Crippen molar-refractivity contribution in [3.63, 3.8) is 0 Å². The Morgan fingerprint density at radius 3 is 3.24 bits per heavy atom. The van der Waals surface area contributed by atoms with Gasteiger partial charge in [-0.05, 0) is 13.3 Å². The SMILES string of the molecule is CC(O)CCNC(=O)Cc1cn2ccsc2n1. The zero-order valence-electron chi connectivity index (χ0n) is 9.59. The maximum absolute atomic E-state index is 11.6. The third kappa shape index (κ3) is 3.28. The number of aromatic nitrogens is 2. The van der Waals surface area contributed by atoms with E-state index in [-0.39, 0.29) is 18.4 Å². The van der Waals surface area contributed by atoms with Crippen molar-refractivity contribution < 1.29 is 9.90 Å². The molecule has 0 aliphatic rings. The lowest BCUT2D eigenvalue weighted by Gasteiger charge is -2.05. The summed E-state index contributed by atoms with van der Waals surface area (Å²) in [6, 6.07) is 0. The average molecular weight is 253 g/mol. The zero-order chi connectivity index (χ0) is 12.3. The average Bonchev–Trinajstić information content (AvgIpc) is 2.76. The molecule has 2 heterocycles. The maximum Gasteiger partial charge on any atom is 0.226 e. The normalized spacial score (nSPS) is 12.8. The number of rotatable bonds is 5. The fourth-order valence-electron chi connectivity index (χ4n) is 1.51. The molecule has 0 aromatic carbocycles. The molecule has 0 aliphatic heterocycles. The molecule has 0 fully saturated rings. The van der Waals surface area contributed by atoms with E-state index in [0.717, 1.165) is 10.7 Å². The smallest absolute Gasteiger partial charge is 0.226 e. The molecule has 0 bridgehead atoms. The second-order valence-corrected chi connectivity index (χ2v) is 4.86. The Kier molecular flexibility index (Phi) is 3.75. The summed E-state index contributed by atoms with van der Waals surface area (Å²) in [7, 11) is 0. The van der Waals surface area contributed by atoms with Gasteiger partial charge in [0.2, 0.25) is 5.91 Å². The lowest BCUT2D eigenvalue weighted by atomic mass is 10.2. The van der Waals surface area contributed by atoms with Crippen molar-refractivity contribution in [1.29, 1.82) is 0 Å². The van der Waals surface area contributed by atoms with Gasteiger partial charge in [0.25, 0.3) is 0 Å². The van der Waals surface area contributed by atoms with E-state index in [1.54, 1.807) is 18.3 Å². The van der Waals surface area contributed by atoms with Gasteiger partial charge in [0.15, 0.2) is 4.96 Å². The van der Waals surface area contributed by atoms with Gasteiger partial charge in [-0.25, -0.2) is 4.98 Å². The minimum absolute atomic E-state index is 0.0589. The van der Waals surface area contributed by atoms with E-state index in [2.05, 4.69) is 10.3 Å². The molecule has 1 unspecified atom stereocenters. The van der Waals surface area contributed by atoms with Crippen molar-refractivity contribution in [2.45, 2.75) is 25.9 Å². The minimum Gasteiger partial charge on any atom is -0.393 e. The van der Waals surface area contributed by atoms with Crippen LogP contribution in [0.5, 0.6) is 0 Å². The van der Waals surface area contributed by atoms with Crippen LogP contribution in [0.3, 0.4) is 0 Å². The molecule has 0 spiro atoms. The minimum atomic E-state index is -0.381. The van der Waals surface area contributed by atoms with E-state index in [0.29, 0.717) is 13.0 Å². The molecule has 92 valence electrons. The van der Waals surface area contributed by atoms with Crippen molar-refractivity contribution in [2.75, 3.05) is 6.54 Å². The molecule has 6 heteroatoms. The third-order valence-electron chi connectivity index (χ3n) is 2.37. The molecule has 2 aromatic rings. The van der Waals surface area contributed by atoms with Crippen LogP contribution in [-0.2, 0) is 11.2 Å². The summed E-state index contributed by atoms with van der Waals surface area (Å²) in [6.07, 6.45) is 4.26. The summed E-state index contributed by atoms with van der Waals surface area (Å²) in [5.74, 6) is -0.0589. The van der Waals surface area contributed by atoms with Gasteiger partial charge in [0.05, 0.1) is 18.2 Å². The summed E-state index contributed by atoms with van der Waals surface area (Å²) in [4.78, 5) is 16.8. The number of carbonyl (C=O) groups excluding carboxylic acids is 1. The predicted molar refractivity (Wildman–Crippen MR) is 66.1 cm³/mol. The number of hydrogen-bond donors (Lipinski definition) is 2. The summed E-state index contributed by atoms with van der Waals surface area (Å²) in [5.41, 5.74) is 0.770. The molecule has 17 heavy (non-hydrogen) atoms. The first kappa shape index (κ1) is 12.1. The molecule has 0 saturated carbocycles. The van der Waals surface area contributed by atoms with Gasteiger partial charge >= 0.3 is 0 Å². The Hall–Kier alpha value is -1.40. The second-order valence-electron chi connectivity index (χ2n) is 3.99. The number of carbonyl (C=O) groups is 1. The summed E-state index contributed by atoms with van der Waals surface area (Å²) in [6.45, 7) is 2.20. The Morgan fingerprint density at radius 1 is 1.71 bits per heavy atom. The molecule has 0 aliphatic carbocycles. The fraction of sp³-hybridized carbons (Fsp3) is 0.455. The molecule has 1 amide bonds. The van der Waals surface area contributed by atoms with E-state index >= 15 is 0 Å². The van der Waals surface area contributed by atoms with E-state index in [1.807, 2.05) is 22.2 Å². The number of thiazole rings is 1. The first-order chi connectivity index (χ1) is 8.15. The van der Waals surface area contributed by atoms with Crippen LogP contribution in [0.15, 0.2) is 17.8 Å². The summed E-state index contributed by atoms with van der Waals surface area (Å²) < 4.78 is 1.91. The number of imidazole rings is 1. The standard InChI is InChI=1S/C11H15N3O2S/c1-8(15)2-3-12-10(16)6-9-7-14-4-5-17-11(14)13-9/h4-5,7-8,15H,2-3,6H2,1H3,(H,12,16). The number of hydrogen-bond acceptors (Lipinski definition) is 4. The quantitative estimate of drug-likeness (QED) is 0.829. The number of aliphatic hydroxyl groups excluding tert-OH is 1. The number of nitrogens with zero attached hydrogens (tertiary/aromatic N) is 2. The molecule has 2 N–H and O–H groups in total. The lowest BCUT2D eigenvalue weighted by molar-refractivity contribution is -0.120. The van der Waals surface area contributed by atoms with Crippen LogP contribution in [0.1, 0.15) is 19.0 Å². The second kappa shape index (κ2) is 5.29. The molecule has 2 rings (SSSR count). The highest BCUT2D eigenvalue weighted by Crippen LogP contribution is 2.11. The highest BCUT2D eigenvalue weighted by atomic mass is 32.1. The van der Waals surface area contributed by atoms with Crippen molar-refractivity contribution in [3.8, 4) is 0 Å². The van der Waals surface area contributed by atoms with E-state index in [1.165, 1.54) is 0 Å². The van der Waals surface area contributed by atoms with E-state index in [4.69, 9.17) is 5.11 Å². The monoisotopic (exact) mass is 253 g/mol. The van der Waals surface area contributed by atoms with Gasteiger partial charge < -0.3 is 10.4 Å². The number of fused-ring (bicyclic) bond motifs is 1. The Balaban J connectivity index is 1.84. The van der Waals surface area contributed by atoms with Gasteiger partial charge in [0, 0.05) is 24.3 Å². The molecular formula is C11H15N3O2S. The van der Waals surface area contributed by atoms with Gasteiger partial charge in [-0.1, -0.05) is 0 Å². The van der Waals surface area contributed by atoms with Crippen LogP contribution in [-0.4, -0.2) is 33.0 Å². The molecule has 0 saturated heterocycles. The summed E-state index contributed by atoms with van der Waals surface area (Å²) >= 11 is 1.54. The fourth-order valence-corrected chi connectivity index (χ4v) is 2.23. The van der Waals surface area contributed by atoms with Crippen molar-refractivity contribution in [3.05, 3.63) is 23.5 Å². The van der Waals surface area contributed by atoms with Gasteiger partial charge in [-0.2, -0.15) is 0 Å². The molecule has 5 nitrogen and oxygen atoms in total. The molecular weight excluding hydrogens is 238 g/mol. The van der Waals surface area contributed by atoms with E-state index in [9.17, 15) is 4.79 Å². The highest BCUT2D eigenvalue weighted by Gasteiger charge is 2.08. The molecule has 1 atom stereocenters. The van der Waals surface area contributed by atoms with Crippen LogP contribution in [0.2, 0.25) is 0 Å². The predicted octanol–water partition coefficient (Wildman–Crippen LogP) is 0.825. The van der Waals surface area contributed by atoms with Crippen LogP contribution >= 0.6 is 11.3 Å². The van der Waals surface area contributed by atoms with Gasteiger partial charge in [-0.3, -0.25) is 9.20 Å². The van der Waals surface area contributed by atoms with Crippen LogP contribution in [0, 0.1) is 0 Å². The zero-order valence-corrected chi connectivity index (χ0v) is 10.4. The first-order valence-electron chi connectivity index (χ1n) is 5.51. The number of aliphatic hydroxyl groups is 1. The number of amides is 1. The van der Waals surface area contributed by atoms with Crippen LogP contribution in [0.4, 0.5) is 0 Å². The molecule has 0 radical (unpaired) electrons. The number of nitrogens with one attached hydrogen (secondary N) is 1.